The number of rotatable bonds is 4. The third kappa shape index (κ3) is 3.50. The standard InChI is InChI=1S/C11H17B2N3O6/c12-13-15-7-1-2-16(11(21)14-7)8-3-5(18)9(19)10(20)6(4-17)22-8/h1-2,5-6,8-10,12,17-20H,3-4H2,(H,14,15,21)/t5-,6+,8-,9+,10-/m0/s1. The molecular formula is C11H17B2N3O6. The normalized spacial score (nSPS) is 32.0. The van der Waals surface area contributed by atoms with Crippen LogP contribution in [0.1, 0.15) is 12.6 Å². The summed E-state index contributed by atoms with van der Waals surface area (Å²) < 4.78 is 6.56. The van der Waals surface area contributed by atoms with E-state index in [2.05, 4.69) is 17.6 Å². The van der Waals surface area contributed by atoms with E-state index in [1.165, 1.54) is 19.2 Å². The van der Waals surface area contributed by atoms with Gasteiger partial charge in [-0.05, 0) is 0 Å². The molecule has 0 saturated carbocycles. The Morgan fingerprint density at radius 2 is 2.18 bits per heavy atom. The van der Waals surface area contributed by atoms with Gasteiger partial charge in [-0.3, -0.25) is 0 Å². The molecule has 22 heavy (non-hydrogen) atoms. The van der Waals surface area contributed by atoms with E-state index in [0.29, 0.717) is 5.82 Å². The fourth-order valence-electron chi connectivity index (χ4n) is 2.28. The molecule has 1 saturated heterocycles. The molecule has 0 aromatic carbocycles. The third-order valence-corrected chi connectivity index (χ3v) is 3.47. The minimum absolute atomic E-state index is 0.134. The molecule has 0 bridgehead atoms. The van der Waals surface area contributed by atoms with Gasteiger partial charge in [0, 0.05) is 0 Å². The molecule has 1 fully saturated rings. The first-order valence-electron chi connectivity index (χ1n) is 6.75. The van der Waals surface area contributed by atoms with E-state index in [0.717, 1.165) is 4.57 Å². The number of nitrogens with one attached hydrogen (secondary N) is 1. The summed E-state index contributed by atoms with van der Waals surface area (Å²) in [6.45, 7) is 0.798. The number of aliphatic hydroxyl groups is 4. The summed E-state index contributed by atoms with van der Waals surface area (Å²) in [5, 5.41) is 41.3. The van der Waals surface area contributed by atoms with E-state index < -0.39 is 42.9 Å². The van der Waals surface area contributed by atoms with Gasteiger partial charge in [0.05, 0.1) is 0 Å². The molecule has 5 atom stereocenters. The van der Waals surface area contributed by atoms with Crippen molar-refractivity contribution in [3.8, 4) is 0 Å². The van der Waals surface area contributed by atoms with Gasteiger partial charge in [0.15, 0.2) is 0 Å². The number of aliphatic hydroxyl groups excluding tert-OH is 4. The maximum atomic E-state index is 12.0. The molecule has 118 valence electrons. The summed E-state index contributed by atoms with van der Waals surface area (Å²) in [6, 6.07) is 1.50. The Kier molecular flexibility index (Phi) is 5.59. The van der Waals surface area contributed by atoms with Crippen molar-refractivity contribution in [1.82, 2.24) is 9.55 Å². The molecule has 5 N–H and O–H groups in total. The van der Waals surface area contributed by atoms with Crippen LogP contribution in [-0.2, 0) is 4.74 Å². The average Bonchev–Trinajstić information content (AvgIpc) is 2.59. The van der Waals surface area contributed by atoms with E-state index in [-0.39, 0.29) is 6.42 Å². The second-order valence-corrected chi connectivity index (χ2v) is 4.95. The van der Waals surface area contributed by atoms with Gasteiger partial charge >= 0.3 is 126 Å². The van der Waals surface area contributed by atoms with Gasteiger partial charge in [-0.15, -0.1) is 0 Å². The molecule has 0 unspecified atom stereocenters. The average molecular weight is 309 g/mol. The Hall–Kier alpha value is -1.39. The Labute approximate surface area is 127 Å². The van der Waals surface area contributed by atoms with E-state index >= 15 is 0 Å². The molecule has 0 aliphatic carbocycles. The van der Waals surface area contributed by atoms with Crippen molar-refractivity contribution in [2.45, 2.75) is 37.1 Å². The predicted octanol–water partition coefficient (Wildman–Crippen LogP) is -3.55. The summed E-state index contributed by atoms with van der Waals surface area (Å²) in [5.41, 5.74) is -0.647. The molecule has 1 aliphatic heterocycles. The number of aromatic nitrogens is 2. The summed E-state index contributed by atoms with van der Waals surface area (Å²) in [5.74, 6) is 0.296. The maximum absolute atomic E-state index is 12.0. The van der Waals surface area contributed by atoms with Crippen molar-refractivity contribution < 1.29 is 25.2 Å². The van der Waals surface area contributed by atoms with Gasteiger partial charge < -0.3 is 0 Å². The Morgan fingerprint density at radius 1 is 1.45 bits per heavy atom. The summed E-state index contributed by atoms with van der Waals surface area (Å²) in [6.07, 6.45) is -5.09. The predicted molar refractivity (Wildman–Crippen MR) is 78.7 cm³/mol. The molecule has 2 rings (SSSR count). The van der Waals surface area contributed by atoms with Crippen LogP contribution < -0.4 is 10.9 Å². The van der Waals surface area contributed by atoms with E-state index in [1.807, 2.05) is 0 Å². The van der Waals surface area contributed by atoms with Crippen LogP contribution in [0.25, 0.3) is 0 Å². The van der Waals surface area contributed by atoms with Crippen LogP contribution >= 0.6 is 0 Å². The van der Waals surface area contributed by atoms with Gasteiger partial charge in [-0.1, -0.05) is 0 Å². The molecule has 0 amide bonds. The monoisotopic (exact) mass is 309 g/mol. The van der Waals surface area contributed by atoms with Gasteiger partial charge in [0.1, 0.15) is 0 Å². The topological polar surface area (TPSA) is 137 Å². The number of hydrogen-bond donors (Lipinski definition) is 5. The fraction of sp³-hybridized carbons (Fsp3) is 0.636. The Balaban J connectivity index is 2.30. The van der Waals surface area contributed by atoms with Gasteiger partial charge in [-0.2, -0.15) is 0 Å². The summed E-state index contributed by atoms with van der Waals surface area (Å²) in [4.78, 5) is 15.8. The first-order valence-corrected chi connectivity index (χ1v) is 6.75. The molecule has 9 nitrogen and oxygen atoms in total. The minimum atomic E-state index is -1.48. The van der Waals surface area contributed by atoms with Gasteiger partial charge in [-0.25, -0.2) is 0 Å². The van der Waals surface area contributed by atoms with E-state index in [1.54, 1.807) is 0 Å². The van der Waals surface area contributed by atoms with Gasteiger partial charge in [0.25, 0.3) is 0 Å². The zero-order valence-corrected chi connectivity index (χ0v) is 11.7. The van der Waals surface area contributed by atoms with Crippen LogP contribution in [0.2, 0.25) is 0 Å². The van der Waals surface area contributed by atoms with Crippen LogP contribution in [0, 0.1) is 0 Å². The second kappa shape index (κ2) is 7.25. The Morgan fingerprint density at radius 3 is 2.77 bits per heavy atom. The molecule has 0 radical (unpaired) electrons. The van der Waals surface area contributed by atoms with Gasteiger partial charge in [0.2, 0.25) is 0 Å². The van der Waals surface area contributed by atoms with Crippen molar-refractivity contribution in [3.63, 3.8) is 0 Å². The van der Waals surface area contributed by atoms with Crippen molar-refractivity contribution in [2.75, 3.05) is 11.8 Å². The SMILES string of the molecule is B=BNc1ccn([C@@H]2C[C@H](O)[C@@H](O)[C@@H](O)[C@@H](CO)O2)c(=O)n1. The molecule has 1 aliphatic rings. The molecule has 0 spiro atoms. The van der Waals surface area contributed by atoms with Crippen molar-refractivity contribution >= 4 is 20.1 Å². The molecule has 1 aromatic rings. The van der Waals surface area contributed by atoms with Crippen molar-refractivity contribution in [1.29, 1.82) is 0 Å². The van der Waals surface area contributed by atoms with Crippen molar-refractivity contribution in [3.05, 3.63) is 22.7 Å². The molecular weight excluding hydrogens is 292 g/mol. The van der Waals surface area contributed by atoms with Crippen LogP contribution in [0.5, 0.6) is 0 Å². The number of ether oxygens (including phenoxy) is 1. The summed E-state index contributed by atoms with van der Waals surface area (Å²) in [7, 11) is 3.46. The first-order chi connectivity index (χ1) is 10.5. The van der Waals surface area contributed by atoms with Crippen LogP contribution in [0.15, 0.2) is 17.1 Å². The number of anilines is 1. The quantitative estimate of drug-likeness (QED) is 0.361. The zero-order valence-electron chi connectivity index (χ0n) is 11.7. The van der Waals surface area contributed by atoms with Crippen LogP contribution in [0.4, 0.5) is 5.82 Å². The van der Waals surface area contributed by atoms with E-state index in [4.69, 9.17) is 4.74 Å². The second-order valence-electron chi connectivity index (χ2n) is 4.95. The van der Waals surface area contributed by atoms with Crippen LogP contribution in [0.3, 0.4) is 0 Å². The number of hydrogen-bond acceptors (Lipinski definition) is 8. The van der Waals surface area contributed by atoms with Crippen molar-refractivity contribution in [2.24, 2.45) is 0 Å². The zero-order chi connectivity index (χ0) is 16.3. The third-order valence-electron chi connectivity index (χ3n) is 3.47. The fourth-order valence-corrected chi connectivity index (χ4v) is 2.28. The molecule has 11 heteroatoms. The number of nitrogens with zero attached hydrogens (tertiary/aromatic N) is 2. The van der Waals surface area contributed by atoms with Crippen LogP contribution in [-0.4, -0.2) is 75.3 Å². The Bertz CT molecular complexity index is 585. The summed E-state index contributed by atoms with van der Waals surface area (Å²) >= 11 is 0. The molecule has 2 heterocycles. The van der Waals surface area contributed by atoms with E-state index in [9.17, 15) is 25.2 Å². The molecule has 1 aromatic heterocycles. The first kappa shape index (κ1) is 17.0.